The summed E-state index contributed by atoms with van der Waals surface area (Å²) >= 11 is 0. The van der Waals surface area contributed by atoms with Crippen molar-refractivity contribution in [2.45, 2.75) is 65.0 Å². The number of fused-ring (bicyclic) bond motifs is 1. The fraction of sp³-hybridized carbons (Fsp3) is 0.467. The number of rotatable bonds is 10. The first-order valence-electron chi connectivity index (χ1n) is 13.6. The van der Waals surface area contributed by atoms with Crippen LogP contribution >= 0.6 is 0 Å². The van der Waals surface area contributed by atoms with Gasteiger partial charge in [0.15, 0.2) is 11.6 Å². The normalized spacial score (nSPS) is 15.8. The molecule has 0 spiro atoms. The summed E-state index contributed by atoms with van der Waals surface area (Å²) in [6, 6.07) is 11.3. The molecule has 0 aliphatic carbocycles. The van der Waals surface area contributed by atoms with E-state index in [1.54, 1.807) is 4.90 Å². The molecule has 0 saturated carbocycles. The van der Waals surface area contributed by atoms with Gasteiger partial charge in [-0.2, -0.15) is 0 Å². The number of benzene rings is 2. The summed E-state index contributed by atoms with van der Waals surface area (Å²) < 4.78 is 30.6. The van der Waals surface area contributed by atoms with Gasteiger partial charge in [-0.15, -0.1) is 0 Å². The number of hydrogen-bond acceptors (Lipinski definition) is 3. The molecule has 0 bridgehead atoms. The fourth-order valence-corrected chi connectivity index (χ4v) is 5.09. The number of carbonyl (C=O) groups excluding carboxylic acids is 1. The highest BCUT2D eigenvalue weighted by molar-refractivity contribution is 5.94. The highest BCUT2D eigenvalue weighted by Crippen LogP contribution is 2.27. The van der Waals surface area contributed by atoms with Crippen LogP contribution in [-0.2, 0) is 6.54 Å². The quantitative estimate of drug-likeness (QED) is 0.285. The molecule has 1 aromatic heterocycles. The molecular formula is C30H38F2N4O. The van der Waals surface area contributed by atoms with E-state index in [1.807, 2.05) is 38.1 Å². The first-order valence-corrected chi connectivity index (χ1v) is 13.6. The molecule has 1 amide bonds. The average molecular weight is 509 g/mol. The second-order valence-electron chi connectivity index (χ2n) is 9.89. The van der Waals surface area contributed by atoms with Gasteiger partial charge in [-0.3, -0.25) is 9.69 Å². The molecular weight excluding hydrogens is 470 g/mol. The largest absolute Gasteiger partial charge is 0.329 e. The van der Waals surface area contributed by atoms with E-state index in [9.17, 15) is 13.6 Å². The van der Waals surface area contributed by atoms with Crippen LogP contribution in [0.25, 0.3) is 11.0 Å². The average Bonchev–Trinajstić information content (AvgIpc) is 3.07. The predicted octanol–water partition coefficient (Wildman–Crippen LogP) is 6.75. The van der Waals surface area contributed by atoms with E-state index in [1.165, 1.54) is 37.8 Å². The Morgan fingerprint density at radius 2 is 1.76 bits per heavy atom. The summed E-state index contributed by atoms with van der Waals surface area (Å²) in [6.45, 7) is 8.23. The summed E-state index contributed by atoms with van der Waals surface area (Å²) in [5.74, 6) is -1.91. The number of carbonyl (C=O) groups is 1. The Bertz CT molecular complexity index is 1210. The van der Waals surface area contributed by atoms with Crippen molar-refractivity contribution in [1.82, 2.24) is 19.4 Å². The van der Waals surface area contributed by atoms with Gasteiger partial charge >= 0.3 is 0 Å². The fourth-order valence-electron chi connectivity index (χ4n) is 5.09. The third-order valence-electron chi connectivity index (χ3n) is 7.24. The molecule has 3 aromatic rings. The molecule has 1 aliphatic heterocycles. The monoisotopic (exact) mass is 508 g/mol. The van der Waals surface area contributed by atoms with Crippen LogP contribution in [0.1, 0.15) is 74.6 Å². The molecule has 37 heavy (non-hydrogen) atoms. The Labute approximate surface area is 218 Å². The molecule has 5 nitrogen and oxygen atoms in total. The van der Waals surface area contributed by atoms with E-state index in [4.69, 9.17) is 4.98 Å². The zero-order valence-electron chi connectivity index (χ0n) is 22.0. The second-order valence-corrected chi connectivity index (χ2v) is 9.89. The van der Waals surface area contributed by atoms with Crippen LogP contribution in [0.15, 0.2) is 54.6 Å². The van der Waals surface area contributed by atoms with Crippen molar-refractivity contribution in [3.63, 3.8) is 0 Å². The maximum absolute atomic E-state index is 14.6. The molecule has 2 aromatic carbocycles. The zero-order valence-corrected chi connectivity index (χ0v) is 22.0. The van der Waals surface area contributed by atoms with E-state index >= 15 is 0 Å². The Morgan fingerprint density at radius 1 is 1.03 bits per heavy atom. The topological polar surface area (TPSA) is 41.4 Å². The van der Waals surface area contributed by atoms with Gasteiger partial charge in [0, 0.05) is 19.6 Å². The third kappa shape index (κ3) is 6.45. The lowest BCUT2D eigenvalue weighted by Crippen LogP contribution is -2.36. The van der Waals surface area contributed by atoms with Gasteiger partial charge in [0.2, 0.25) is 0 Å². The molecule has 1 unspecified atom stereocenters. The molecule has 1 atom stereocenters. The lowest BCUT2D eigenvalue weighted by Gasteiger charge is -2.29. The molecule has 7 heteroatoms. The minimum atomic E-state index is -1.11. The molecule has 1 aliphatic rings. The number of halogens is 2. The van der Waals surface area contributed by atoms with E-state index in [-0.39, 0.29) is 5.56 Å². The van der Waals surface area contributed by atoms with E-state index < -0.39 is 23.6 Å². The molecule has 2 heterocycles. The molecule has 4 rings (SSSR count). The van der Waals surface area contributed by atoms with Crippen molar-refractivity contribution in [2.75, 3.05) is 26.2 Å². The van der Waals surface area contributed by atoms with Crippen LogP contribution in [0.2, 0.25) is 0 Å². The number of allylic oxidation sites excluding steroid dienone is 1. The Kier molecular flexibility index (Phi) is 9.45. The zero-order chi connectivity index (χ0) is 26.2. The van der Waals surface area contributed by atoms with Crippen molar-refractivity contribution in [1.29, 1.82) is 0 Å². The van der Waals surface area contributed by atoms with Crippen LogP contribution in [0, 0.1) is 11.6 Å². The van der Waals surface area contributed by atoms with E-state index in [0.717, 1.165) is 55.4 Å². The van der Waals surface area contributed by atoms with Gasteiger partial charge in [0.25, 0.3) is 5.91 Å². The second kappa shape index (κ2) is 13.0. The van der Waals surface area contributed by atoms with Crippen molar-refractivity contribution in [3.8, 4) is 0 Å². The first kappa shape index (κ1) is 27.0. The maximum Gasteiger partial charge on any atom is 0.257 e. The number of nitrogens with zero attached hydrogens (tertiary/aromatic N) is 4. The molecule has 0 radical (unpaired) electrons. The van der Waals surface area contributed by atoms with Gasteiger partial charge in [-0.05, 0) is 63.5 Å². The van der Waals surface area contributed by atoms with Crippen LogP contribution in [0.3, 0.4) is 0 Å². The van der Waals surface area contributed by atoms with Gasteiger partial charge in [0.1, 0.15) is 5.82 Å². The summed E-state index contributed by atoms with van der Waals surface area (Å²) in [7, 11) is 0. The number of amides is 1. The number of likely N-dealkylation sites (tertiary alicyclic amines) is 1. The highest BCUT2D eigenvalue weighted by atomic mass is 19.2. The third-order valence-corrected chi connectivity index (χ3v) is 7.24. The van der Waals surface area contributed by atoms with Crippen molar-refractivity contribution in [2.24, 2.45) is 0 Å². The SMILES string of the molecule is CCCCN(C(=O)c1cccc(F)c1F)C(C)c1nc2ccccc2n1CC=CCN1CCCCCC1. The van der Waals surface area contributed by atoms with Gasteiger partial charge < -0.3 is 9.47 Å². The molecule has 1 fully saturated rings. The van der Waals surface area contributed by atoms with E-state index in [2.05, 4.69) is 21.6 Å². The molecule has 1 saturated heterocycles. The smallest absolute Gasteiger partial charge is 0.257 e. The van der Waals surface area contributed by atoms with E-state index in [0.29, 0.717) is 13.1 Å². The van der Waals surface area contributed by atoms with Gasteiger partial charge in [-0.1, -0.05) is 56.5 Å². The maximum atomic E-state index is 14.6. The number of aromatic nitrogens is 2. The van der Waals surface area contributed by atoms with Crippen molar-refractivity contribution in [3.05, 3.63) is 77.6 Å². The Morgan fingerprint density at radius 3 is 2.51 bits per heavy atom. The van der Waals surface area contributed by atoms with Gasteiger partial charge in [0.05, 0.1) is 22.6 Å². The standard InChI is InChI=1S/C30H38F2N4O/c1-3-4-21-35(30(37)24-14-13-15-25(31)28(24)32)23(2)29-33-26-16-7-8-17-27(26)36(29)22-12-11-20-34-18-9-5-6-10-19-34/h7-8,11-17,23H,3-6,9-10,18-22H2,1-2H3. The van der Waals surface area contributed by atoms with Gasteiger partial charge in [-0.25, -0.2) is 13.8 Å². The number of imidazole rings is 1. The van der Waals surface area contributed by atoms with Crippen LogP contribution in [0.4, 0.5) is 8.78 Å². The van der Waals surface area contributed by atoms with Crippen molar-refractivity contribution >= 4 is 16.9 Å². The Balaban J connectivity index is 1.61. The number of hydrogen-bond donors (Lipinski definition) is 0. The molecule has 198 valence electrons. The summed E-state index contributed by atoms with van der Waals surface area (Å²) in [5, 5.41) is 0. The number of para-hydroxylation sites is 2. The lowest BCUT2D eigenvalue weighted by molar-refractivity contribution is 0.0672. The van der Waals surface area contributed by atoms with Crippen LogP contribution < -0.4 is 0 Å². The molecule has 0 N–H and O–H groups in total. The van der Waals surface area contributed by atoms with Crippen LogP contribution in [0.5, 0.6) is 0 Å². The first-order chi connectivity index (χ1) is 18.0. The summed E-state index contributed by atoms with van der Waals surface area (Å²) in [4.78, 5) is 22.5. The highest BCUT2D eigenvalue weighted by Gasteiger charge is 2.29. The predicted molar refractivity (Wildman–Crippen MR) is 144 cm³/mol. The lowest BCUT2D eigenvalue weighted by atomic mass is 10.1. The minimum Gasteiger partial charge on any atom is -0.329 e. The van der Waals surface area contributed by atoms with Crippen molar-refractivity contribution < 1.29 is 13.6 Å². The number of unbranched alkanes of at least 4 members (excludes halogenated alkanes) is 1. The Hall–Kier alpha value is -3.06. The summed E-state index contributed by atoms with van der Waals surface area (Å²) in [5.41, 5.74) is 1.59. The minimum absolute atomic E-state index is 0.247. The van der Waals surface area contributed by atoms with Crippen LogP contribution in [-0.4, -0.2) is 51.4 Å². The summed E-state index contributed by atoms with van der Waals surface area (Å²) in [6.07, 6.45) is 11.2.